The number of Topliss-reactive ketones (excluding diaryl/α,β-unsaturated/α-hetero) is 1. The molecule has 2 unspecified atom stereocenters. The normalized spacial score (nSPS) is 18.3. The van der Waals surface area contributed by atoms with E-state index in [1.165, 1.54) is 13.1 Å². The Kier molecular flexibility index (Phi) is 24.2. The zero-order chi connectivity index (χ0) is 32.7. The molecule has 10 heteroatoms. The largest absolute Gasteiger partial charge is 0.346 e. The second-order valence-corrected chi connectivity index (χ2v) is 10.0. The van der Waals surface area contributed by atoms with Crippen molar-refractivity contribution in [3.05, 3.63) is 12.7 Å². The van der Waals surface area contributed by atoms with Crippen LogP contribution in [0.1, 0.15) is 106 Å². The van der Waals surface area contributed by atoms with Crippen molar-refractivity contribution in [2.45, 2.75) is 118 Å². The van der Waals surface area contributed by atoms with Crippen LogP contribution in [0.5, 0.6) is 0 Å². The molecule has 0 aliphatic heterocycles. The molecule has 0 radical (unpaired) electrons. The van der Waals surface area contributed by atoms with E-state index in [2.05, 4.69) is 27.8 Å². The number of rotatable bonds is 14. The highest BCUT2D eigenvalue weighted by Gasteiger charge is 2.41. The highest BCUT2D eigenvalue weighted by atomic mass is 16.2. The fraction of sp³-hybridized carbons (Fsp3) is 0.781. The van der Waals surface area contributed by atoms with E-state index in [0.717, 1.165) is 38.5 Å². The predicted molar refractivity (Wildman–Crippen MR) is 171 cm³/mol. The van der Waals surface area contributed by atoms with E-state index in [-0.39, 0.29) is 48.6 Å². The van der Waals surface area contributed by atoms with Gasteiger partial charge in [0.05, 0.1) is 6.04 Å². The molecule has 0 saturated heterocycles. The van der Waals surface area contributed by atoms with Crippen molar-refractivity contribution >= 4 is 29.5 Å². The number of carbonyl (C=O) groups excluding carboxylic acids is 5. The molecule has 4 N–H and O–H groups in total. The van der Waals surface area contributed by atoms with Gasteiger partial charge in [0.25, 0.3) is 5.91 Å². The number of nitrogens with zero attached hydrogens (tertiary/aromatic N) is 1. The van der Waals surface area contributed by atoms with Crippen LogP contribution in [-0.4, -0.2) is 73.7 Å². The van der Waals surface area contributed by atoms with Crippen molar-refractivity contribution in [2.75, 3.05) is 27.2 Å². The first kappa shape index (κ1) is 41.2. The van der Waals surface area contributed by atoms with Gasteiger partial charge in [0.1, 0.15) is 6.04 Å². The van der Waals surface area contributed by atoms with Crippen LogP contribution >= 0.6 is 0 Å². The lowest BCUT2D eigenvalue weighted by atomic mass is 9.83. The molecule has 2 aliphatic carbocycles. The van der Waals surface area contributed by atoms with Crippen LogP contribution in [0.25, 0.3) is 0 Å². The van der Waals surface area contributed by atoms with Crippen molar-refractivity contribution < 1.29 is 24.0 Å². The Labute approximate surface area is 255 Å². The molecule has 0 spiro atoms. The summed E-state index contributed by atoms with van der Waals surface area (Å²) in [5.41, 5.74) is 0. The summed E-state index contributed by atoms with van der Waals surface area (Å²) in [6, 6.07) is -1.76. The number of urea groups is 1. The van der Waals surface area contributed by atoms with E-state index in [4.69, 9.17) is 0 Å². The summed E-state index contributed by atoms with van der Waals surface area (Å²) in [7, 11) is 3.28. The number of hydrogen-bond donors (Lipinski definition) is 4. The van der Waals surface area contributed by atoms with Crippen molar-refractivity contribution in [1.29, 1.82) is 0 Å². The fourth-order valence-corrected chi connectivity index (χ4v) is 4.98. The Morgan fingerprint density at radius 1 is 0.929 bits per heavy atom. The highest BCUT2D eigenvalue weighted by Crippen LogP contribution is 2.41. The second-order valence-electron chi connectivity index (χ2n) is 10.0. The summed E-state index contributed by atoms with van der Waals surface area (Å²) in [5.74, 6) is -1.30. The van der Waals surface area contributed by atoms with E-state index in [0.29, 0.717) is 19.4 Å². The standard InChI is InChI=1S/C26H43N5O5.3C2H6/c1-5-10-20(23(33)24(34)28-13-6-2)29-21(32)15-18-14-19(18)16-31(4)25(35)22(30-26(36)27-3)17-11-8-7-9-12-17;3*1-2/h6,17-20,22H,2,5,7-16H2,1,3-4H3,(H,28,34)(H,29,32)(H2,27,30,36);3*1-2H3/t18-,19+,20?,22?;;;/m1.../s1. The van der Waals surface area contributed by atoms with Crippen LogP contribution in [-0.2, 0) is 19.2 Å². The third-order valence-electron chi connectivity index (χ3n) is 7.16. The Balaban J connectivity index is 0. The Morgan fingerprint density at radius 2 is 1.52 bits per heavy atom. The number of ketones is 1. The summed E-state index contributed by atoms with van der Waals surface area (Å²) in [6.45, 7) is 18.1. The maximum absolute atomic E-state index is 13.2. The van der Waals surface area contributed by atoms with Gasteiger partial charge in [-0.15, -0.1) is 6.58 Å². The van der Waals surface area contributed by atoms with Crippen molar-refractivity contribution in [1.82, 2.24) is 26.2 Å². The molecular weight excluding hydrogens is 534 g/mol. The Bertz CT molecular complexity index is 813. The smallest absolute Gasteiger partial charge is 0.315 e. The molecule has 0 aromatic rings. The molecule has 10 nitrogen and oxygen atoms in total. The number of nitrogens with one attached hydrogen (secondary N) is 4. The predicted octanol–water partition coefficient (Wildman–Crippen LogP) is 4.58. The lowest BCUT2D eigenvalue weighted by molar-refractivity contribution is -0.140. The maximum atomic E-state index is 13.2. The Hall–Kier alpha value is -2.91. The van der Waals surface area contributed by atoms with E-state index >= 15 is 0 Å². The summed E-state index contributed by atoms with van der Waals surface area (Å²) >= 11 is 0. The first-order valence-corrected chi connectivity index (χ1v) is 16.2. The van der Waals surface area contributed by atoms with Gasteiger partial charge in [-0.1, -0.05) is 80.2 Å². The van der Waals surface area contributed by atoms with Crippen LogP contribution in [0.4, 0.5) is 4.79 Å². The monoisotopic (exact) mass is 595 g/mol. The minimum Gasteiger partial charge on any atom is -0.346 e. The maximum Gasteiger partial charge on any atom is 0.315 e. The molecule has 0 aromatic heterocycles. The number of hydrogen-bond acceptors (Lipinski definition) is 5. The van der Waals surface area contributed by atoms with E-state index < -0.39 is 23.8 Å². The van der Waals surface area contributed by atoms with Crippen molar-refractivity contribution in [2.24, 2.45) is 17.8 Å². The lowest BCUT2D eigenvalue weighted by Crippen LogP contribution is -2.54. The molecule has 0 heterocycles. The van der Waals surface area contributed by atoms with Crippen LogP contribution in [0, 0.1) is 17.8 Å². The van der Waals surface area contributed by atoms with Gasteiger partial charge in [-0.05, 0) is 43.4 Å². The molecule has 2 saturated carbocycles. The van der Waals surface area contributed by atoms with E-state index in [1.54, 1.807) is 11.9 Å². The number of likely N-dealkylation sites (N-methyl/N-ethyl adjacent to an activating group) is 1. The average molecular weight is 596 g/mol. The van der Waals surface area contributed by atoms with Crippen molar-refractivity contribution in [3.63, 3.8) is 0 Å². The minimum atomic E-state index is -0.846. The van der Waals surface area contributed by atoms with E-state index in [1.807, 2.05) is 48.5 Å². The molecule has 2 fully saturated rings. The Morgan fingerprint density at radius 3 is 2.05 bits per heavy atom. The molecular formula is C32H61N5O5. The second kappa shape index (κ2) is 24.7. The molecule has 244 valence electrons. The van der Waals surface area contributed by atoms with Crippen LogP contribution in [0.15, 0.2) is 12.7 Å². The topological polar surface area (TPSA) is 137 Å². The van der Waals surface area contributed by atoms with Gasteiger partial charge in [0, 0.05) is 33.6 Å². The summed E-state index contributed by atoms with van der Waals surface area (Å²) in [6.07, 6.45) is 8.70. The fourth-order valence-electron chi connectivity index (χ4n) is 4.98. The van der Waals surface area contributed by atoms with Gasteiger partial charge < -0.3 is 26.2 Å². The first-order valence-electron chi connectivity index (χ1n) is 16.2. The third kappa shape index (κ3) is 15.4. The summed E-state index contributed by atoms with van der Waals surface area (Å²) in [5, 5.41) is 10.6. The van der Waals surface area contributed by atoms with Gasteiger partial charge in [0.15, 0.2) is 0 Å². The quantitative estimate of drug-likeness (QED) is 0.172. The average Bonchev–Trinajstić information content (AvgIpc) is 3.76. The summed E-state index contributed by atoms with van der Waals surface area (Å²) < 4.78 is 0. The lowest BCUT2D eigenvalue weighted by Gasteiger charge is -2.32. The third-order valence-corrected chi connectivity index (χ3v) is 7.16. The first-order chi connectivity index (χ1) is 20.2. The molecule has 0 aromatic carbocycles. The minimum absolute atomic E-state index is 0.0975. The van der Waals surface area contributed by atoms with Gasteiger partial charge >= 0.3 is 6.03 Å². The van der Waals surface area contributed by atoms with Gasteiger partial charge in [-0.3, -0.25) is 19.2 Å². The van der Waals surface area contributed by atoms with Gasteiger partial charge in [0.2, 0.25) is 17.6 Å². The van der Waals surface area contributed by atoms with Crippen LogP contribution in [0.3, 0.4) is 0 Å². The van der Waals surface area contributed by atoms with Crippen molar-refractivity contribution in [3.8, 4) is 0 Å². The molecule has 5 amide bonds. The zero-order valence-corrected chi connectivity index (χ0v) is 27.9. The van der Waals surface area contributed by atoms with Gasteiger partial charge in [-0.25, -0.2) is 4.79 Å². The van der Waals surface area contributed by atoms with Crippen LogP contribution in [0.2, 0.25) is 0 Å². The van der Waals surface area contributed by atoms with Gasteiger partial charge in [-0.2, -0.15) is 0 Å². The highest BCUT2D eigenvalue weighted by molar-refractivity contribution is 6.38. The molecule has 2 rings (SSSR count). The molecule has 4 atom stereocenters. The summed E-state index contributed by atoms with van der Waals surface area (Å²) in [4.78, 5) is 63.9. The van der Waals surface area contributed by atoms with E-state index in [9.17, 15) is 24.0 Å². The number of amides is 5. The molecule has 0 bridgehead atoms. The SMILES string of the molecule is C=CCNC(=O)C(=O)C(CCC)NC(=O)C[C@H]1C[C@H]1CN(C)C(=O)C(NC(=O)NC)C1CCCCC1.CC.CC.CC. The molecule has 2 aliphatic rings. The zero-order valence-electron chi connectivity index (χ0n) is 27.9. The number of carbonyl (C=O) groups is 5. The molecule has 42 heavy (non-hydrogen) atoms. The van der Waals surface area contributed by atoms with Crippen LogP contribution < -0.4 is 21.3 Å².